The number of nitrogens with zero attached hydrogens (tertiary/aromatic N) is 1. The molecule has 2 amide bonds. The third-order valence-electron chi connectivity index (χ3n) is 6.24. The first-order valence-corrected chi connectivity index (χ1v) is 9.38. The van der Waals surface area contributed by atoms with Crippen molar-refractivity contribution in [2.24, 2.45) is 23.7 Å². The number of benzene rings is 2. The Morgan fingerprint density at radius 1 is 0.852 bits per heavy atom. The molecule has 2 aromatic rings. The maximum absolute atomic E-state index is 12.9. The number of fused-ring (bicyclic) bond motifs is 5. The van der Waals surface area contributed by atoms with Gasteiger partial charge in [0.25, 0.3) is 0 Å². The number of carbonyl (C=O) groups excluding carboxylic acids is 3. The van der Waals surface area contributed by atoms with Gasteiger partial charge < -0.3 is 4.74 Å². The summed E-state index contributed by atoms with van der Waals surface area (Å²) in [6, 6.07) is 15.4. The molecule has 5 heteroatoms. The van der Waals surface area contributed by atoms with Crippen LogP contribution in [0.2, 0.25) is 0 Å². The minimum atomic E-state index is -0.471. The quantitative estimate of drug-likeness (QED) is 0.477. The van der Waals surface area contributed by atoms with Crippen LogP contribution in [-0.4, -0.2) is 17.8 Å². The van der Waals surface area contributed by atoms with E-state index in [0.717, 1.165) is 19.3 Å². The SMILES string of the molecule is O=C(Oc1ccccc1)c1ccc(N2C(=O)[C@@H]3[C@H]4CC[C@@H](C4)[C@@H]3C2=O)cc1. The highest BCUT2D eigenvalue weighted by Crippen LogP contribution is 2.56. The number of amides is 2. The summed E-state index contributed by atoms with van der Waals surface area (Å²) in [6.07, 6.45) is 3.14. The zero-order valence-electron chi connectivity index (χ0n) is 14.7. The molecular formula is C22H19NO4. The lowest BCUT2D eigenvalue weighted by Crippen LogP contribution is -2.32. The lowest BCUT2D eigenvalue weighted by Gasteiger charge is -2.19. The van der Waals surface area contributed by atoms with Crippen molar-refractivity contribution in [3.63, 3.8) is 0 Å². The minimum absolute atomic E-state index is 0.0724. The maximum atomic E-state index is 12.9. The molecule has 0 radical (unpaired) electrons. The van der Waals surface area contributed by atoms with E-state index in [-0.39, 0.29) is 23.7 Å². The van der Waals surface area contributed by atoms with Crippen LogP contribution >= 0.6 is 0 Å². The summed E-state index contributed by atoms with van der Waals surface area (Å²) in [5, 5.41) is 0. The molecule has 1 heterocycles. The largest absolute Gasteiger partial charge is 0.423 e. The first kappa shape index (κ1) is 16.2. The van der Waals surface area contributed by atoms with Crippen LogP contribution in [0.3, 0.4) is 0 Å². The van der Waals surface area contributed by atoms with E-state index in [1.165, 1.54) is 4.90 Å². The Bertz CT molecular complexity index is 893. The van der Waals surface area contributed by atoms with E-state index in [4.69, 9.17) is 4.74 Å². The molecule has 0 aromatic heterocycles. The molecule has 5 nitrogen and oxygen atoms in total. The number of anilines is 1. The van der Waals surface area contributed by atoms with Gasteiger partial charge in [0.1, 0.15) is 5.75 Å². The normalized spacial score (nSPS) is 28.5. The van der Waals surface area contributed by atoms with Crippen LogP contribution in [0.4, 0.5) is 5.69 Å². The average molecular weight is 361 g/mol. The molecule has 3 aliphatic rings. The highest BCUT2D eigenvalue weighted by molar-refractivity contribution is 6.22. The van der Waals surface area contributed by atoms with Gasteiger partial charge in [0.15, 0.2) is 0 Å². The molecule has 1 aliphatic heterocycles. The number of hydrogen-bond donors (Lipinski definition) is 0. The zero-order chi connectivity index (χ0) is 18.5. The van der Waals surface area contributed by atoms with Gasteiger partial charge in [-0.05, 0) is 67.5 Å². The third-order valence-corrected chi connectivity index (χ3v) is 6.24. The zero-order valence-corrected chi connectivity index (χ0v) is 14.7. The second-order valence-corrected chi connectivity index (χ2v) is 7.65. The van der Waals surface area contributed by atoms with E-state index in [2.05, 4.69) is 0 Å². The molecule has 4 atom stereocenters. The summed E-state index contributed by atoms with van der Waals surface area (Å²) in [5.74, 6) is 0.302. The first-order valence-electron chi connectivity index (χ1n) is 9.38. The lowest BCUT2D eigenvalue weighted by atomic mass is 9.81. The highest BCUT2D eigenvalue weighted by Gasteiger charge is 2.61. The number of imide groups is 1. The summed E-state index contributed by atoms with van der Waals surface area (Å²) in [5.41, 5.74) is 0.914. The molecule has 5 rings (SSSR count). The first-order chi connectivity index (χ1) is 13.1. The molecule has 2 aromatic carbocycles. The summed E-state index contributed by atoms with van der Waals surface area (Å²) in [4.78, 5) is 39.3. The molecule has 2 bridgehead atoms. The molecule has 3 fully saturated rings. The van der Waals surface area contributed by atoms with Gasteiger partial charge in [-0.1, -0.05) is 18.2 Å². The van der Waals surface area contributed by atoms with E-state index < -0.39 is 5.97 Å². The maximum Gasteiger partial charge on any atom is 0.343 e. The summed E-state index contributed by atoms with van der Waals surface area (Å²) >= 11 is 0. The van der Waals surface area contributed by atoms with Gasteiger partial charge >= 0.3 is 5.97 Å². The minimum Gasteiger partial charge on any atom is -0.423 e. The molecule has 27 heavy (non-hydrogen) atoms. The fourth-order valence-electron chi connectivity index (χ4n) is 5.06. The summed E-state index contributed by atoms with van der Waals surface area (Å²) in [7, 11) is 0. The highest BCUT2D eigenvalue weighted by atomic mass is 16.5. The molecule has 136 valence electrons. The Kier molecular flexibility index (Phi) is 3.64. The number of carbonyl (C=O) groups is 3. The Hall–Kier alpha value is -2.95. The van der Waals surface area contributed by atoms with Crippen molar-refractivity contribution in [2.75, 3.05) is 4.90 Å². The van der Waals surface area contributed by atoms with E-state index in [1.54, 1.807) is 48.5 Å². The van der Waals surface area contributed by atoms with E-state index in [1.807, 2.05) is 6.07 Å². The second kappa shape index (κ2) is 6.05. The van der Waals surface area contributed by atoms with Gasteiger partial charge in [0.2, 0.25) is 11.8 Å². The molecular weight excluding hydrogens is 342 g/mol. The second-order valence-electron chi connectivity index (χ2n) is 7.65. The van der Waals surface area contributed by atoms with E-state index in [9.17, 15) is 14.4 Å². The van der Waals surface area contributed by atoms with Crippen LogP contribution in [-0.2, 0) is 9.59 Å². The van der Waals surface area contributed by atoms with Gasteiger partial charge in [0, 0.05) is 0 Å². The number of rotatable bonds is 3. The van der Waals surface area contributed by atoms with Gasteiger partial charge in [-0.25, -0.2) is 4.79 Å². The van der Waals surface area contributed by atoms with Crippen molar-refractivity contribution in [3.05, 3.63) is 60.2 Å². The van der Waals surface area contributed by atoms with Crippen molar-refractivity contribution < 1.29 is 19.1 Å². The van der Waals surface area contributed by atoms with E-state index in [0.29, 0.717) is 28.8 Å². The Balaban J connectivity index is 1.36. The standard InChI is InChI=1S/C22H19NO4/c24-20-18-14-6-7-15(12-14)19(18)21(25)23(20)16-10-8-13(9-11-16)22(26)27-17-4-2-1-3-5-17/h1-5,8-11,14-15,18-19H,6-7,12H2/t14-,15-,18-,19+/m0/s1. The summed E-state index contributed by atoms with van der Waals surface area (Å²) < 4.78 is 5.32. The number of hydrogen-bond acceptors (Lipinski definition) is 4. The predicted molar refractivity (Wildman–Crippen MR) is 98.1 cm³/mol. The van der Waals surface area contributed by atoms with Crippen LogP contribution in [0, 0.1) is 23.7 Å². The Morgan fingerprint density at radius 2 is 1.44 bits per heavy atom. The summed E-state index contributed by atoms with van der Waals surface area (Å²) in [6.45, 7) is 0. The topological polar surface area (TPSA) is 63.7 Å². The van der Waals surface area contributed by atoms with Crippen molar-refractivity contribution in [1.29, 1.82) is 0 Å². The smallest absolute Gasteiger partial charge is 0.343 e. The fourth-order valence-corrected chi connectivity index (χ4v) is 5.06. The van der Waals surface area contributed by atoms with E-state index >= 15 is 0 Å². The molecule has 2 aliphatic carbocycles. The van der Waals surface area contributed by atoms with Gasteiger partial charge in [-0.3, -0.25) is 14.5 Å². The third kappa shape index (κ3) is 2.49. The van der Waals surface area contributed by atoms with Crippen molar-refractivity contribution >= 4 is 23.5 Å². The average Bonchev–Trinajstić information content (AvgIpc) is 3.37. The molecule has 0 spiro atoms. The van der Waals surface area contributed by atoms with Crippen LogP contribution in [0.15, 0.2) is 54.6 Å². The van der Waals surface area contributed by atoms with Crippen molar-refractivity contribution in [2.45, 2.75) is 19.3 Å². The molecule has 1 saturated heterocycles. The van der Waals surface area contributed by atoms with Crippen LogP contribution in [0.1, 0.15) is 29.6 Å². The Morgan fingerprint density at radius 3 is 2.04 bits per heavy atom. The molecule has 2 saturated carbocycles. The monoisotopic (exact) mass is 361 g/mol. The molecule has 0 N–H and O–H groups in total. The van der Waals surface area contributed by atoms with Gasteiger partial charge in [0.05, 0.1) is 23.1 Å². The van der Waals surface area contributed by atoms with Gasteiger partial charge in [-0.15, -0.1) is 0 Å². The Labute approximate surface area is 156 Å². The van der Waals surface area contributed by atoms with Crippen molar-refractivity contribution in [3.8, 4) is 5.75 Å². The van der Waals surface area contributed by atoms with Crippen molar-refractivity contribution in [1.82, 2.24) is 0 Å². The van der Waals surface area contributed by atoms with Crippen LogP contribution < -0.4 is 9.64 Å². The number of para-hydroxylation sites is 1. The number of ether oxygens (including phenoxy) is 1. The molecule has 0 unspecified atom stereocenters. The number of esters is 1. The fraction of sp³-hybridized carbons (Fsp3) is 0.318. The van der Waals surface area contributed by atoms with Crippen LogP contribution in [0.25, 0.3) is 0 Å². The van der Waals surface area contributed by atoms with Gasteiger partial charge in [-0.2, -0.15) is 0 Å². The lowest BCUT2D eigenvalue weighted by molar-refractivity contribution is -0.123. The predicted octanol–water partition coefficient (Wildman–Crippen LogP) is 3.44. The van der Waals surface area contributed by atoms with Crippen LogP contribution in [0.5, 0.6) is 5.75 Å².